The first-order valence-electron chi connectivity index (χ1n) is 8.17. The zero-order valence-electron chi connectivity index (χ0n) is 14.6. The van der Waals surface area contributed by atoms with Gasteiger partial charge < -0.3 is 10.8 Å². The van der Waals surface area contributed by atoms with Gasteiger partial charge in [0.1, 0.15) is 0 Å². The maximum absolute atomic E-state index is 12.6. The van der Waals surface area contributed by atoms with Crippen LogP contribution in [0.15, 0.2) is 59.9 Å². The van der Waals surface area contributed by atoms with Gasteiger partial charge in [-0.1, -0.05) is 24.3 Å². The lowest BCUT2D eigenvalue weighted by atomic mass is 10.1. The van der Waals surface area contributed by atoms with Crippen LogP contribution < -0.4 is 10.5 Å². The van der Waals surface area contributed by atoms with Gasteiger partial charge in [-0.05, 0) is 19.1 Å². The number of hydrogen-bond donors (Lipinski definition) is 3. The quantitative estimate of drug-likeness (QED) is 0.585. The Morgan fingerprint density at radius 1 is 1.04 bits per heavy atom. The zero-order valence-corrected chi connectivity index (χ0v) is 15.4. The van der Waals surface area contributed by atoms with Gasteiger partial charge in [-0.3, -0.25) is 4.98 Å². The summed E-state index contributed by atoms with van der Waals surface area (Å²) in [5.74, 6) is 0.180. The second kappa shape index (κ2) is 7.78. The van der Waals surface area contributed by atoms with E-state index in [4.69, 9.17) is 10.8 Å². The third kappa shape index (κ3) is 4.27. The van der Waals surface area contributed by atoms with Crippen molar-refractivity contribution in [2.24, 2.45) is 0 Å². The van der Waals surface area contributed by atoms with Crippen LogP contribution in [0.2, 0.25) is 0 Å². The number of aliphatic hydroxyl groups is 1. The van der Waals surface area contributed by atoms with Crippen molar-refractivity contribution in [3.63, 3.8) is 0 Å². The number of anilines is 1. The summed E-state index contributed by atoms with van der Waals surface area (Å²) in [6.07, 6.45) is 4.74. The van der Waals surface area contributed by atoms with E-state index in [-0.39, 0.29) is 17.5 Å². The summed E-state index contributed by atoms with van der Waals surface area (Å²) in [6, 6.07) is 9.58. The molecule has 0 saturated heterocycles. The van der Waals surface area contributed by atoms with Crippen LogP contribution in [0.1, 0.15) is 6.92 Å². The van der Waals surface area contributed by atoms with Crippen molar-refractivity contribution in [3.8, 4) is 22.4 Å². The van der Waals surface area contributed by atoms with E-state index in [1.807, 2.05) is 0 Å². The molecule has 1 aromatic carbocycles. The summed E-state index contributed by atoms with van der Waals surface area (Å²) in [5, 5.41) is 9.13. The van der Waals surface area contributed by atoms with E-state index in [0.717, 1.165) is 0 Å². The van der Waals surface area contributed by atoms with Crippen LogP contribution in [0.3, 0.4) is 0 Å². The van der Waals surface area contributed by atoms with Gasteiger partial charge >= 0.3 is 0 Å². The monoisotopic (exact) mass is 385 g/mol. The average Bonchev–Trinajstić information content (AvgIpc) is 2.68. The van der Waals surface area contributed by atoms with Gasteiger partial charge in [0.05, 0.1) is 17.2 Å². The Morgan fingerprint density at radius 2 is 1.70 bits per heavy atom. The molecule has 0 radical (unpaired) electrons. The first kappa shape index (κ1) is 18.9. The molecule has 3 rings (SSSR count). The number of aliphatic hydroxyl groups excluding tert-OH is 1. The molecule has 0 aliphatic heterocycles. The highest BCUT2D eigenvalue weighted by Gasteiger charge is 2.21. The number of benzene rings is 1. The minimum Gasteiger partial charge on any atom is -0.395 e. The third-order valence-electron chi connectivity index (χ3n) is 3.85. The number of sulfonamides is 1. The molecule has 2 aromatic heterocycles. The Kier molecular flexibility index (Phi) is 5.45. The minimum atomic E-state index is -3.79. The molecular formula is C18H19N5O3S. The topological polar surface area (TPSA) is 131 Å². The second-order valence-corrected chi connectivity index (χ2v) is 7.65. The molecule has 0 aliphatic carbocycles. The Morgan fingerprint density at radius 3 is 2.33 bits per heavy atom. The van der Waals surface area contributed by atoms with Gasteiger partial charge in [-0.15, -0.1) is 0 Å². The Bertz CT molecular complexity index is 1020. The van der Waals surface area contributed by atoms with E-state index in [9.17, 15) is 8.42 Å². The van der Waals surface area contributed by atoms with Crippen molar-refractivity contribution in [2.75, 3.05) is 12.3 Å². The fourth-order valence-corrected chi connectivity index (χ4v) is 3.96. The molecular weight excluding hydrogens is 366 g/mol. The molecule has 27 heavy (non-hydrogen) atoms. The smallest absolute Gasteiger partial charge is 0.241 e. The molecule has 2 heterocycles. The molecule has 0 bridgehead atoms. The molecule has 0 spiro atoms. The number of pyridine rings is 1. The number of nitrogens with two attached hydrogens (primary N) is 1. The number of nitrogens with zero attached hydrogens (tertiary/aromatic N) is 3. The number of hydrogen-bond acceptors (Lipinski definition) is 7. The lowest BCUT2D eigenvalue weighted by Gasteiger charge is -2.15. The summed E-state index contributed by atoms with van der Waals surface area (Å²) in [7, 11) is -3.79. The van der Waals surface area contributed by atoms with Gasteiger partial charge in [-0.2, -0.15) is 0 Å². The molecule has 9 heteroatoms. The van der Waals surface area contributed by atoms with E-state index in [1.165, 1.54) is 6.07 Å². The normalized spacial score (nSPS) is 12.7. The summed E-state index contributed by atoms with van der Waals surface area (Å²) < 4.78 is 27.7. The van der Waals surface area contributed by atoms with Crippen molar-refractivity contribution in [1.82, 2.24) is 19.7 Å². The van der Waals surface area contributed by atoms with Crippen LogP contribution in [0.5, 0.6) is 0 Å². The van der Waals surface area contributed by atoms with E-state index < -0.39 is 16.1 Å². The highest BCUT2D eigenvalue weighted by atomic mass is 32.2. The summed E-state index contributed by atoms with van der Waals surface area (Å²) in [4.78, 5) is 12.4. The van der Waals surface area contributed by atoms with Gasteiger partial charge in [-0.25, -0.2) is 23.1 Å². The molecule has 3 aromatic rings. The Balaban J connectivity index is 1.97. The maximum Gasteiger partial charge on any atom is 0.241 e. The number of nitrogens with one attached hydrogen (secondary N) is 1. The Labute approximate surface area is 157 Å². The molecule has 0 saturated carbocycles. The van der Waals surface area contributed by atoms with Gasteiger partial charge in [0.2, 0.25) is 16.0 Å². The second-order valence-electron chi connectivity index (χ2n) is 5.96. The lowest BCUT2D eigenvalue weighted by molar-refractivity contribution is 0.265. The fourth-order valence-electron chi connectivity index (χ4n) is 2.50. The van der Waals surface area contributed by atoms with Crippen molar-refractivity contribution in [3.05, 3.63) is 55.0 Å². The molecule has 1 atom stereocenters. The first-order valence-corrected chi connectivity index (χ1v) is 9.65. The van der Waals surface area contributed by atoms with Crippen LogP contribution in [0.25, 0.3) is 22.4 Å². The first-order chi connectivity index (χ1) is 12.9. The summed E-state index contributed by atoms with van der Waals surface area (Å²) >= 11 is 0. The standard InChI is InChI=1S/C18H19N5O3S/c1-12(11-24)23-27(25,26)17-5-3-2-4-15(17)13-6-7-16(20-8-13)14-9-21-18(19)22-10-14/h2-10,12,23-24H,11H2,1H3,(H2,19,21,22). The van der Waals surface area contributed by atoms with Crippen molar-refractivity contribution >= 4 is 16.0 Å². The molecule has 0 aliphatic rings. The number of aromatic nitrogens is 3. The van der Waals surface area contributed by atoms with E-state index in [2.05, 4.69) is 19.7 Å². The molecule has 140 valence electrons. The molecule has 8 nitrogen and oxygen atoms in total. The predicted octanol–water partition coefficient (Wildman–Crippen LogP) is 1.45. The molecule has 1 unspecified atom stereocenters. The van der Waals surface area contributed by atoms with Gasteiger partial charge in [0.25, 0.3) is 0 Å². The van der Waals surface area contributed by atoms with Crippen LogP contribution in [0.4, 0.5) is 5.95 Å². The third-order valence-corrected chi connectivity index (χ3v) is 5.50. The Hall–Kier alpha value is -2.88. The zero-order chi connectivity index (χ0) is 19.4. The lowest BCUT2D eigenvalue weighted by Crippen LogP contribution is -2.35. The highest BCUT2D eigenvalue weighted by Crippen LogP contribution is 2.28. The SMILES string of the molecule is CC(CO)NS(=O)(=O)c1ccccc1-c1ccc(-c2cnc(N)nc2)nc1. The van der Waals surface area contributed by atoms with E-state index in [0.29, 0.717) is 22.4 Å². The van der Waals surface area contributed by atoms with Crippen LogP contribution in [0, 0.1) is 0 Å². The van der Waals surface area contributed by atoms with Gasteiger partial charge in [0.15, 0.2) is 0 Å². The van der Waals surface area contributed by atoms with E-state index in [1.54, 1.807) is 55.8 Å². The van der Waals surface area contributed by atoms with Crippen molar-refractivity contribution in [2.45, 2.75) is 17.9 Å². The average molecular weight is 385 g/mol. The molecule has 4 N–H and O–H groups in total. The number of rotatable bonds is 6. The highest BCUT2D eigenvalue weighted by molar-refractivity contribution is 7.89. The largest absolute Gasteiger partial charge is 0.395 e. The molecule has 0 amide bonds. The van der Waals surface area contributed by atoms with Crippen molar-refractivity contribution in [1.29, 1.82) is 0 Å². The summed E-state index contributed by atoms with van der Waals surface area (Å²) in [5.41, 5.74) is 8.00. The molecule has 0 fully saturated rings. The van der Waals surface area contributed by atoms with E-state index >= 15 is 0 Å². The maximum atomic E-state index is 12.6. The number of nitrogen functional groups attached to an aromatic ring is 1. The van der Waals surface area contributed by atoms with Crippen LogP contribution in [-0.4, -0.2) is 41.1 Å². The fraction of sp³-hybridized carbons (Fsp3) is 0.167. The van der Waals surface area contributed by atoms with Crippen molar-refractivity contribution < 1.29 is 13.5 Å². The predicted molar refractivity (Wildman–Crippen MR) is 102 cm³/mol. The van der Waals surface area contributed by atoms with Crippen LogP contribution >= 0.6 is 0 Å². The van der Waals surface area contributed by atoms with Crippen LogP contribution in [-0.2, 0) is 10.0 Å². The summed E-state index contributed by atoms with van der Waals surface area (Å²) in [6.45, 7) is 1.30. The minimum absolute atomic E-state index is 0.121. The van der Waals surface area contributed by atoms with Gasteiger partial charge in [0, 0.05) is 41.3 Å².